The van der Waals surface area contributed by atoms with Crippen LogP contribution >= 0.6 is 0 Å². The Labute approximate surface area is 94.6 Å². The number of rotatable bonds is 5. The van der Waals surface area contributed by atoms with E-state index in [2.05, 4.69) is 5.32 Å². The topological polar surface area (TPSA) is 38.0 Å². The molecule has 0 spiro atoms. The summed E-state index contributed by atoms with van der Waals surface area (Å²) in [6.45, 7) is 0.256. The van der Waals surface area contributed by atoms with Gasteiger partial charge in [-0.25, -0.2) is 22.0 Å². The van der Waals surface area contributed by atoms with Crippen molar-refractivity contribution in [3.63, 3.8) is 0 Å². The molecule has 0 fully saturated rings. The van der Waals surface area contributed by atoms with Crippen LogP contribution < -0.4 is 11.1 Å². The van der Waals surface area contributed by atoms with Crippen molar-refractivity contribution in [1.82, 2.24) is 5.32 Å². The summed E-state index contributed by atoms with van der Waals surface area (Å²) < 4.78 is 64.5. The predicted molar refractivity (Wildman–Crippen MR) is 51.6 cm³/mol. The number of nitrogens with one attached hydrogen (secondary N) is 1. The minimum absolute atomic E-state index is 0.329. The predicted octanol–water partition coefficient (Wildman–Crippen LogP) is 1.82. The van der Waals surface area contributed by atoms with Gasteiger partial charge in [0.05, 0.1) is 0 Å². The third-order valence-corrected chi connectivity index (χ3v) is 2.16. The third-order valence-electron chi connectivity index (χ3n) is 2.16. The quantitative estimate of drug-likeness (QED) is 0.364. The molecule has 96 valence electrons. The number of hydrogen-bond acceptors (Lipinski definition) is 2. The fraction of sp³-hybridized carbons (Fsp3) is 0.400. The van der Waals surface area contributed by atoms with Crippen LogP contribution in [0.25, 0.3) is 0 Å². The number of hydrogen-bond donors (Lipinski definition) is 2. The van der Waals surface area contributed by atoms with Crippen molar-refractivity contribution in [3.05, 3.63) is 34.6 Å². The molecule has 0 saturated carbocycles. The molecule has 0 radical (unpaired) electrons. The minimum atomic E-state index is -2.15. The molecule has 0 saturated heterocycles. The van der Waals surface area contributed by atoms with Gasteiger partial charge in [-0.3, -0.25) is 0 Å². The summed E-state index contributed by atoms with van der Waals surface area (Å²) in [5.41, 5.74) is 4.32. The molecule has 0 aliphatic carbocycles. The molecule has 0 amide bonds. The fourth-order valence-electron chi connectivity index (χ4n) is 1.25. The van der Waals surface area contributed by atoms with Gasteiger partial charge in [0.15, 0.2) is 23.3 Å². The Morgan fingerprint density at radius 3 is 1.76 bits per heavy atom. The number of nitrogens with two attached hydrogens (primary N) is 1. The first-order chi connectivity index (χ1) is 8.00. The second kappa shape index (κ2) is 5.92. The molecule has 7 heteroatoms. The highest BCUT2D eigenvalue weighted by Crippen LogP contribution is 2.22. The van der Waals surface area contributed by atoms with Crippen LogP contribution in [0.3, 0.4) is 0 Å². The van der Waals surface area contributed by atoms with Crippen molar-refractivity contribution in [2.75, 3.05) is 13.1 Å². The number of benzene rings is 1. The summed E-state index contributed by atoms with van der Waals surface area (Å²) in [6, 6.07) is 0. The molecule has 2 nitrogen and oxygen atoms in total. The van der Waals surface area contributed by atoms with Gasteiger partial charge < -0.3 is 11.1 Å². The summed E-state index contributed by atoms with van der Waals surface area (Å²) in [6.07, 6.45) is 0.537. The molecule has 0 heterocycles. The van der Waals surface area contributed by atoms with Crippen molar-refractivity contribution < 1.29 is 22.0 Å². The van der Waals surface area contributed by atoms with E-state index in [9.17, 15) is 22.0 Å². The molecule has 0 bridgehead atoms. The highest BCUT2D eigenvalue weighted by Gasteiger charge is 2.24. The maximum Gasteiger partial charge on any atom is 0.200 e. The first-order valence-corrected chi connectivity index (χ1v) is 4.91. The van der Waals surface area contributed by atoms with E-state index in [1.165, 1.54) is 0 Å². The summed E-state index contributed by atoms with van der Waals surface area (Å²) in [4.78, 5) is 0. The lowest BCUT2D eigenvalue weighted by atomic mass is 10.1. The number of halogens is 5. The normalized spacial score (nSPS) is 10.9. The molecule has 0 aliphatic rings. The van der Waals surface area contributed by atoms with Crippen LogP contribution in [-0.4, -0.2) is 13.1 Å². The van der Waals surface area contributed by atoms with Crippen LogP contribution in [-0.2, 0) is 6.54 Å². The van der Waals surface area contributed by atoms with Crippen LogP contribution in [0.2, 0.25) is 0 Å². The van der Waals surface area contributed by atoms with Crippen LogP contribution in [0.15, 0.2) is 0 Å². The Bertz CT molecular complexity index is 379. The molecule has 0 unspecified atom stereocenters. The van der Waals surface area contributed by atoms with Gasteiger partial charge in [0.1, 0.15) is 0 Å². The van der Waals surface area contributed by atoms with E-state index in [4.69, 9.17) is 5.73 Å². The molecule has 1 rings (SSSR count). The van der Waals surface area contributed by atoms with Crippen LogP contribution in [0.4, 0.5) is 22.0 Å². The molecule has 1 aromatic rings. The average Bonchev–Trinajstić information content (AvgIpc) is 2.33. The molecular formula is C10H11F5N2. The molecule has 1 aromatic carbocycles. The standard InChI is InChI=1S/C10H11F5N2/c11-6-5(4-17-3-1-2-16)7(12)9(14)10(15)8(6)13/h17H,1-4,16H2. The second-order valence-electron chi connectivity index (χ2n) is 3.37. The van der Waals surface area contributed by atoms with Crippen molar-refractivity contribution in [2.45, 2.75) is 13.0 Å². The van der Waals surface area contributed by atoms with E-state index < -0.39 is 41.2 Å². The SMILES string of the molecule is NCCCNCc1c(F)c(F)c(F)c(F)c1F. The lowest BCUT2D eigenvalue weighted by Gasteiger charge is -2.09. The van der Waals surface area contributed by atoms with E-state index in [1.54, 1.807) is 0 Å². The van der Waals surface area contributed by atoms with Gasteiger partial charge in [-0.15, -0.1) is 0 Å². The molecule has 0 aliphatic heterocycles. The Morgan fingerprint density at radius 2 is 1.29 bits per heavy atom. The molecular weight excluding hydrogens is 243 g/mol. The van der Waals surface area contributed by atoms with Crippen molar-refractivity contribution in [1.29, 1.82) is 0 Å². The fourth-order valence-corrected chi connectivity index (χ4v) is 1.25. The minimum Gasteiger partial charge on any atom is -0.330 e. The Balaban J connectivity index is 2.92. The lowest BCUT2D eigenvalue weighted by molar-refractivity contribution is 0.367. The summed E-state index contributed by atoms with van der Waals surface area (Å²) >= 11 is 0. The van der Waals surface area contributed by atoms with Gasteiger partial charge in [0.2, 0.25) is 5.82 Å². The summed E-state index contributed by atoms with van der Waals surface area (Å²) in [5, 5.41) is 2.54. The van der Waals surface area contributed by atoms with Crippen LogP contribution in [0.1, 0.15) is 12.0 Å². The highest BCUT2D eigenvalue weighted by atomic mass is 19.2. The van der Waals surface area contributed by atoms with Gasteiger partial charge in [-0.05, 0) is 19.5 Å². The van der Waals surface area contributed by atoms with Crippen LogP contribution in [0.5, 0.6) is 0 Å². The summed E-state index contributed by atoms with van der Waals surface area (Å²) in [7, 11) is 0. The Hall–Kier alpha value is -1.21. The van der Waals surface area contributed by atoms with E-state index in [-0.39, 0.29) is 0 Å². The Kier molecular flexibility index (Phi) is 4.83. The second-order valence-corrected chi connectivity index (χ2v) is 3.37. The highest BCUT2D eigenvalue weighted by molar-refractivity contribution is 5.23. The molecule has 3 N–H and O–H groups in total. The zero-order chi connectivity index (χ0) is 13.0. The van der Waals surface area contributed by atoms with Gasteiger partial charge in [-0.2, -0.15) is 0 Å². The maximum atomic E-state index is 13.1. The Morgan fingerprint density at radius 1 is 0.824 bits per heavy atom. The smallest absolute Gasteiger partial charge is 0.200 e. The molecule has 17 heavy (non-hydrogen) atoms. The first kappa shape index (κ1) is 13.9. The average molecular weight is 254 g/mol. The van der Waals surface area contributed by atoms with Gasteiger partial charge in [-0.1, -0.05) is 0 Å². The molecule has 0 aromatic heterocycles. The van der Waals surface area contributed by atoms with E-state index in [0.29, 0.717) is 19.5 Å². The van der Waals surface area contributed by atoms with Gasteiger partial charge in [0.25, 0.3) is 0 Å². The van der Waals surface area contributed by atoms with Crippen molar-refractivity contribution in [2.24, 2.45) is 5.73 Å². The monoisotopic (exact) mass is 254 g/mol. The van der Waals surface area contributed by atoms with Crippen LogP contribution in [0, 0.1) is 29.1 Å². The van der Waals surface area contributed by atoms with Gasteiger partial charge in [0, 0.05) is 12.1 Å². The maximum absolute atomic E-state index is 13.1. The third kappa shape index (κ3) is 2.92. The van der Waals surface area contributed by atoms with Crippen molar-refractivity contribution in [3.8, 4) is 0 Å². The zero-order valence-corrected chi connectivity index (χ0v) is 8.80. The van der Waals surface area contributed by atoms with E-state index in [1.807, 2.05) is 0 Å². The van der Waals surface area contributed by atoms with Crippen molar-refractivity contribution >= 4 is 0 Å². The van der Waals surface area contributed by atoms with E-state index in [0.717, 1.165) is 0 Å². The largest absolute Gasteiger partial charge is 0.330 e. The zero-order valence-electron chi connectivity index (χ0n) is 8.80. The first-order valence-electron chi connectivity index (χ1n) is 4.91. The lowest BCUT2D eigenvalue weighted by Crippen LogP contribution is -2.20. The van der Waals surface area contributed by atoms with E-state index >= 15 is 0 Å². The molecule has 0 atom stereocenters. The summed E-state index contributed by atoms with van der Waals surface area (Å²) in [5.74, 6) is -9.62. The van der Waals surface area contributed by atoms with Gasteiger partial charge >= 0.3 is 0 Å².